The van der Waals surface area contributed by atoms with E-state index in [1.165, 1.54) is 4.57 Å². The third kappa shape index (κ3) is 2.14. The van der Waals surface area contributed by atoms with Gasteiger partial charge in [-0.3, -0.25) is 9.36 Å². The standard InChI is InChI=1S/C15H11ClN2O2/c16-12-8-4-7-11-13(12)17-15(20)18(14(11)19)9-10-5-2-1-3-6-10/h1-8H,9H2,(H,17,20). The average Bonchev–Trinajstić information content (AvgIpc) is 2.46. The first-order valence-corrected chi connectivity index (χ1v) is 6.50. The Morgan fingerprint density at radius 3 is 2.50 bits per heavy atom. The van der Waals surface area contributed by atoms with Gasteiger partial charge in [0, 0.05) is 0 Å². The average molecular weight is 287 g/mol. The van der Waals surface area contributed by atoms with Crippen LogP contribution in [0, 0.1) is 0 Å². The van der Waals surface area contributed by atoms with E-state index in [-0.39, 0.29) is 12.1 Å². The second-order valence-electron chi connectivity index (χ2n) is 4.47. The normalized spacial score (nSPS) is 10.8. The van der Waals surface area contributed by atoms with Crippen LogP contribution in [-0.2, 0) is 6.54 Å². The van der Waals surface area contributed by atoms with E-state index in [4.69, 9.17) is 11.6 Å². The van der Waals surface area contributed by atoms with Crippen LogP contribution < -0.4 is 11.2 Å². The van der Waals surface area contributed by atoms with E-state index in [1.54, 1.807) is 18.2 Å². The lowest BCUT2D eigenvalue weighted by Crippen LogP contribution is -2.35. The van der Waals surface area contributed by atoms with Gasteiger partial charge in [0.15, 0.2) is 0 Å². The van der Waals surface area contributed by atoms with Gasteiger partial charge in [0.05, 0.1) is 22.5 Å². The van der Waals surface area contributed by atoms with E-state index in [2.05, 4.69) is 4.98 Å². The highest BCUT2D eigenvalue weighted by Crippen LogP contribution is 2.17. The van der Waals surface area contributed by atoms with Gasteiger partial charge >= 0.3 is 5.69 Å². The molecular formula is C15H11ClN2O2. The zero-order valence-electron chi connectivity index (χ0n) is 10.5. The van der Waals surface area contributed by atoms with Crippen LogP contribution in [0.5, 0.6) is 0 Å². The molecule has 0 saturated carbocycles. The first-order chi connectivity index (χ1) is 9.66. The Morgan fingerprint density at radius 2 is 1.75 bits per heavy atom. The summed E-state index contributed by atoms with van der Waals surface area (Å²) in [6, 6.07) is 14.3. The topological polar surface area (TPSA) is 54.9 Å². The molecule has 0 saturated heterocycles. The van der Waals surface area contributed by atoms with E-state index in [9.17, 15) is 9.59 Å². The molecule has 1 aromatic heterocycles. The van der Waals surface area contributed by atoms with Crippen molar-refractivity contribution >= 4 is 22.5 Å². The lowest BCUT2D eigenvalue weighted by molar-refractivity contribution is 0.712. The minimum absolute atomic E-state index is 0.234. The van der Waals surface area contributed by atoms with Gasteiger partial charge in [-0.05, 0) is 17.7 Å². The predicted molar refractivity (Wildman–Crippen MR) is 79.4 cm³/mol. The minimum Gasteiger partial charge on any atom is -0.305 e. The molecule has 5 heteroatoms. The summed E-state index contributed by atoms with van der Waals surface area (Å²) < 4.78 is 1.17. The Kier molecular flexibility index (Phi) is 3.16. The number of H-pyrrole nitrogens is 1. The van der Waals surface area contributed by atoms with Gasteiger partial charge in [-0.1, -0.05) is 48.0 Å². The lowest BCUT2D eigenvalue weighted by Gasteiger charge is -2.07. The fraction of sp³-hybridized carbons (Fsp3) is 0.0667. The molecule has 0 amide bonds. The molecule has 0 atom stereocenters. The molecule has 20 heavy (non-hydrogen) atoms. The summed E-state index contributed by atoms with van der Waals surface area (Å²) in [5, 5.41) is 0.775. The Balaban J connectivity index is 2.22. The van der Waals surface area contributed by atoms with Crippen LogP contribution in [0.3, 0.4) is 0 Å². The molecule has 2 aromatic carbocycles. The second-order valence-corrected chi connectivity index (χ2v) is 4.88. The van der Waals surface area contributed by atoms with Gasteiger partial charge in [0.2, 0.25) is 0 Å². The smallest absolute Gasteiger partial charge is 0.305 e. The number of benzene rings is 2. The van der Waals surface area contributed by atoms with Crippen molar-refractivity contribution in [1.29, 1.82) is 0 Å². The first-order valence-electron chi connectivity index (χ1n) is 6.12. The summed E-state index contributed by atoms with van der Waals surface area (Å²) in [6.45, 7) is 0.234. The molecule has 0 spiro atoms. The van der Waals surface area contributed by atoms with Crippen LogP contribution in [-0.4, -0.2) is 9.55 Å². The SMILES string of the molecule is O=c1[nH]c2c(Cl)cccc2c(=O)n1Cc1ccccc1. The maximum absolute atomic E-state index is 12.4. The van der Waals surface area contributed by atoms with Crippen molar-refractivity contribution in [1.82, 2.24) is 9.55 Å². The van der Waals surface area contributed by atoms with Crippen LogP contribution in [0.4, 0.5) is 0 Å². The highest BCUT2D eigenvalue weighted by Gasteiger charge is 2.09. The number of hydrogen-bond donors (Lipinski definition) is 1. The third-order valence-electron chi connectivity index (χ3n) is 3.15. The number of rotatable bonds is 2. The number of halogens is 1. The van der Waals surface area contributed by atoms with Gasteiger partial charge in [0.1, 0.15) is 0 Å². The molecule has 3 aromatic rings. The van der Waals surface area contributed by atoms with Crippen LogP contribution in [0.15, 0.2) is 58.1 Å². The van der Waals surface area contributed by atoms with E-state index >= 15 is 0 Å². The van der Waals surface area contributed by atoms with Gasteiger partial charge in [-0.15, -0.1) is 0 Å². The number of nitrogens with one attached hydrogen (secondary N) is 1. The van der Waals surface area contributed by atoms with Crippen molar-refractivity contribution in [3.05, 3.63) is 80.0 Å². The highest BCUT2D eigenvalue weighted by atomic mass is 35.5. The van der Waals surface area contributed by atoms with Gasteiger partial charge in [-0.25, -0.2) is 4.79 Å². The summed E-state index contributed by atoms with van der Waals surface area (Å²) in [5.74, 6) is 0. The number of fused-ring (bicyclic) bond motifs is 1. The molecule has 1 N–H and O–H groups in total. The largest absolute Gasteiger partial charge is 0.329 e. The van der Waals surface area contributed by atoms with E-state index < -0.39 is 5.69 Å². The molecule has 3 rings (SSSR count). The van der Waals surface area contributed by atoms with Gasteiger partial charge < -0.3 is 4.98 Å². The first kappa shape index (κ1) is 12.7. The molecule has 4 nitrogen and oxygen atoms in total. The maximum atomic E-state index is 12.4. The summed E-state index contributed by atoms with van der Waals surface area (Å²) in [4.78, 5) is 27.1. The quantitative estimate of drug-likeness (QED) is 0.786. The van der Waals surface area contributed by atoms with Crippen molar-refractivity contribution in [2.45, 2.75) is 6.54 Å². The molecule has 0 aliphatic heterocycles. The van der Waals surface area contributed by atoms with Crippen molar-refractivity contribution in [2.24, 2.45) is 0 Å². The van der Waals surface area contributed by atoms with Crippen LogP contribution in [0.1, 0.15) is 5.56 Å². The monoisotopic (exact) mass is 286 g/mol. The maximum Gasteiger partial charge on any atom is 0.329 e. The molecule has 0 aliphatic rings. The highest BCUT2D eigenvalue weighted by molar-refractivity contribution is 6.34. The van der Waals surface area contributed by atoms with E-state index in [0.717, 1.165) is 5.56 Å². The molecule has 0 radical (unpaired) electrons. The minimum atomic E-state index is -0.459. The fourth-order valence-corrected chi connectivity index (χ4v) is 2.37. The van der Waals surface area contributed by atoms with Gasteiger partial charge in [-0.2, -0.15) is 0 Å². The summed E-state index contributed by atoms with van der Waals surface area (Å²) in [5.41, 5.74) is 0.476. The van der Waals surface area contributed by atoms with Crippen molar-refractivity contribution in [3.8, 4) is 0 Å². The summed E-state index contributed by atoms with van der Waals surface area (Å²) in [7, 11) is 0. The second kappa shape index (κ2) is 4.98. The Hall–Kier alpha value is -2.33. The van der Waals surface area contributed by atoms with Crippen LogP contribution in [0.25, 0.3) is 10.9 Å². The number of hydrogen-bond acceptors (Lipinski definition) is 2. The Morgan fingerprint density at radius 1 is 1.00 bits per heavy atom. The molecule has 1 heterocycles. The molecule has 0 bridgehead atoms. The Labute approximate surface area is 119 Å². The van der Waals surface area contributed by atoms with Gasteiger partial charge in [0.25, 0.3) is 5.56 Å². The Bertz CT molecular complexity index is 882. The van der Waals surface area contributed by atoms with E-state index in [0.29, 0.717) is 15.9 Å². The molecule has 100 valence electrons. The molecule has 0 fully saturated rings. The van der Waals surface area contributed by atoms with Crippen molar-refractivity contribution in [3.63, 3.8) is 0 Å². The number of aromatic amines is 1. The molecule has 0 aliphatic carbocycles. The lowest BCUT2D eigenvalue weighted by atomic mass is 10.2. The van der Waals surface area contributed by atoms with E-state index in [1.807, 2.05) is 30.3 Å². The third-order valence-corrected chi connectivity index (χ3v) is 3.46. The molecular weight excluding hydrogens is 276 g/mol. The number of para-hydroxylation sites is 1. The number of aromatic nitrogens is 2. The summed E-state index contributed by atoms with van der Waals surface area (Å²) >= 11 is 6.00. The predicted octanol–water partition coefficient (Wildman–Crippen LogP) is 2.39. The molecule has 0 unspecified atom stereocenters. The van der Waals surface area contributed by atoms with Crippen LogP contribution >= 0.6 is 11.6 Å². The zero-order chi connectivity index (χ0) is 14.1. The summed E-state index contributed by atoms with van der Waals surface area (Å²) in [6.07, 6.45) is 0. The van der Waals surface area contributed by atoms with Crippen molar-refractivity contribution in [2.75, 3.05) is 0 Å². The number of nitrogens with zero attached hydrogens (tertiary/aromatic N) is 1. The van der Waals surface area contributed by atoms with Crippen molar-refractivity contribution < 1.29 is 0 Å². The zero-order valence-corrected chi connectivity index (χ0v) is 11.2. The van der Waals surface area contributed by atoms with Crippen LogP contribution in [0.2, 0.25) is 5.02 Å². The fourth-order valence-electron chi connectivity index (χ4n) is 2.15.